The van der Waals surface area contributed by atoms with Crippen molar-refractivity contribution in [3.05, 3.63) is 11.6 Å². The molecule has 1 aliphatic rings. The normalized spacial score (nSPS) is 23.4. The third-order valence-corrected chi connectivity index (χ3v) is 3.06. The standard InChI is InChI=1S/C13H22N2O3/c1-9(2)4-5-14-13(18)15-7-10(3)6-11(8-15)12(16)17/h4,10-11H,5-8H2,1-3H3,(H,14,18)(H,16,17). The Balaban J connectivity index is 2.51. The number of nitrogens with zero attached hydrogens (tertiary/aromatic N) is 1. The third-order valence-electron chi connectivity index (χ3n) is 3.06. The zero-order valence-electron chi connectivity index (χ0n) is 11.3. The van der Waals surface area contributed by atoms with E-state index in [0.29, 0.717) is 26.1 Å². The van der Waals surface area contributed by atoms with Gasteiger partial charge in [-0.1, -0.05) is 18.6 Å². The summed E-state index contributed by atoms with van der Waals surface area (Å²) in [6, 6.07) is -0.176. The molecule has 0 aliphatic carbocycles. The molecule has 0 saturated carbocycles. The van der Waals surface area contributed by atoms with E-state index in [1.165, 1.54) is 0 Å². The van der Waals surface area contributed by atoms with Crippen molar-refractivity contribution in [2.45, 2.75) is 27.2 Å². The average molecular weight is 254 g/mol. The minimum absolute atomic E-state index is 0.176. The van der Waals surface area contributed by atoms with Crippen LogP contribution >= 0.6 is 0 Å². The number of amides is 2. The first-order valence-corrected chi connectivity index (χ1v) is 6.29. The first kappa shape index (κ1) is 14.5. The van der Waals surface area contributed by atoms with E-state index < -0.39 is 11.9 Å². The zero-order chi connectivity index (χ0) is 13.7. The lowest BCUT2D eigenvalue weighted by atomic mass is 9.91. The number of carboxylic acid groups (broad SMARTS) is 1. The monoisotopic (exact) mass is 254 g/mol. The summed E-state index contributed by atoms with van der Waals surface area (Å²) in [6.07, 6.45) is 2.58. The second-order valence-electron chi connectivity index (χ2n) is 5.25. The van der Waals surface area contributed by atoms with Gasteiger partial charge in [0.1, 0.15) is 0 Å². The molecule has 2 N–H and O–H groups in total. The van der Waals surface area contributed by atoms with Gasteiger partial charge in [0.05, 0.1) is 5.92 Å². The Hall–Kier alpha value is -1.52. The van der Waals surface area contributed by atoms with Crippen LogP contribution in [-0.4, -0.2) is 41.6 Å². The molecule has 1 fully saturated rings. The molecule has 0 aromatic rings. The summed E-state index contributed by atoms with van der Waals surface area (Å²) in [7, 11) is 0. The van der Waals surface area contributed by atoms with Crippen molar-refractivity contribution in [2.75, 3.05) is 19.6 Å². The molecule has 1 heterocycles. The van der Waals surface area contributed by atoms with E-state index in [4.69, 9.17) is 5.11 Å². The zero-order valence-corrected chi connectivity index (χ0v) is 11.3. The Morgan fingerprint density at radius 1 is 1.39 bits per heavy atom. The van der Waals surface area contributed by atoms with E-state index in [0.717, 1.165) is 5.57 Å². The van der Waals surface area contributed by atoms with Crippen molar-refractivity contribution in [3.8, 4) is 0 Å². The fourth-order valence-electron chi connectivity index (χ4n) is 2.15. The van der Waals surface area contributed by atoms with Gasteiger partial charge in [-0.3, -0.25) is 4.79 Å². The largest absolute Gasteiger partial charge is 0.481 e. The molecular formula is C13H22N2O3. The van der Waals surface area contributed by atoms with Gasteiger partial charge in [-0.05, 0) is 26.2 Å². The molecule has 0 aromatic heterocycles. The van der Waals surface area contributed by atoms with Gasteiger partial charge in [0.25, 0.3) is 0 Å². The average Bonchev–Trinajstić information content (AvgIpc) is 2.27. The molecule has 2 atom stereocenters. The van der Waals surface area contributed by atoms with E-state index >= 15 is 0 Å². The molecule has 18 heavy (non-hydrogen) atoms. The molecule has 0 radical (unpaired) electrons. The number of rotatable bonds is 3. The quantitative estimate of drug-likeness (QED) is 0.753. The number of carbonyl (C=O) groups is 2. The molecule has 5 nitrogen and oxygen atoms in total. The molecule has 1 aliphatic heterocycles. The number of urea groups is 1. The highest BCUT2D eigenvalue weighted by atomic mass is 16.4. The van der Waals surface area contributed by atoms with Crippen molar-refractivity contribution in [1.29, 1.82) is 0 Å². The summed E-state index contributed by atoms with van der Waals surface area (Å²) in [5, 5.41) is 11.8. The Kier molecular flexibility index (Phi) is 5.19. The van der Waals surface area contributed by atoms with E-state index in [2.05, 4.69) is 5.32 Å². The predicted octanol–water partition coefficient (Wildman–Crippen LogP) is 1.70. The number of likely N-dealkylation sites (tertiary alicyclic amines) is 1. The highest BCUT2D eigenvalue weighted by molar-refractivity contribution is 5.76. The summed E-state index contributed by atoms with van der Waals surface area (Å²) < 4.78 is 0. The molecule has 1 saturated heterocycles. The van der Waals surface area contributed by atoms with Crippen LogP contribution in [0.1, 0.15) is 27.2 Å². The van der Waals surface area contributed by atoms with Crippen molar-refractivity contribution < 1.29 is 14.7 Å². The van der Waals surface area contributed by atoms with Crippen molar-refractivity contribution in [2.24, 2.45) is 11.8 Å². The smallest absolute Gasteiger partial charge is 0.317 e. The Morgan fingerprint density at radius 3 is 2.61 bits per heavy atom. The number of piperidine rings is 1. The fourth-order valence-corrected chi connectivity index (χ4v) is 2.15. The van der Waals surface area contributed by atoms with Crippen LogP contribution in [0.5, 0.6) is 0 Å². The van der Waals surface area contributed by atoms with Crippen LogP contribution in [0.25, 0.3) is 0 Å². The predicted molar refractivity (Wildman–Crippen MR) is 69.3 cm³/mol. The first-order valence-electron chi connectivity index (χ1n) is 6.29. The highest BCUT2D eigenvalue weighted by Crippen LogP contribution is 2.21. The van der Waals surface area contributed by atoms with Gasteiger partial charge >= 0.3 is 12.0 Å². The number of carbonyl (C=O) groups excluding carboxylic acids is 1. The number of nitrogens with one attached hydrogen (secondary N) is 1. The number of carboxylic acids is 1. The second kappa shape index (κ2) is 6.42. The van der Waals surface area contributed by atoms with Crippen LogP contribution in [0.4, 0.5) is 4.79 Å². The van der Waals surface area contributed by atoms with Crippen LogP contribution in [0.3, 0.4) is 0 Å². The van der Waals surface area contributed by atoms with Crippen LogP contribution in [0.2, 0.25) is 0 Å². The van der Waals surface area contributed by atoms with Crippen LogP contribution in [0.15, 0.2) is 11.6 Å². The number of allylic oxidation sites excluding steroid dienone is 1. The van der Waals surface area contributed by atoms with Gasteiger partial charge < -0.3 is 15.3 Å². The Morgan fingerprint density at radius 2 is 2.06 bits per heavy atom. The van der Waals surface area contributed by atoms with Crippen molar-refractivity contribution >= 4 is 12.0 Å². The summed E-state index contributed by atoms with van der Waals surface area (Å²) in [5.74, 6) is -1.03. The molecular weight excluding hydrogens is 232 g/mol. The highest BCUT2D eigenvalue weighted by Gasteiger charge is 2.31. The van der Waals surface area contributed by atoms with Gasteiger partial charge in [0.2, 0.25) is 0 Å². The second-order valence-corrected chi connectivity index (χ2v) is 5.25. The molecule has 102 valence electrons. The van der Waals surface area contributed by atoms with Crippen molar-refractivity contribution in [3.63, 3.8) is 0 Å². The molecule has 2 unspecified atom stereocenters. The van der Waals surface area contributed by atoms with Gasteiger partial charge in [-0.25, -0.2) is 4.79 Å². The van der Waals surface area contributed by atoms with Crippen LogP contribution in [-0.2, 0) is 4.79 Å². The Bertz CT molecular complexity index is 348. The van der Waals surface area contributed by atoms with Crippen LogP contribution < -0.4 is 5.32 Å². The molecule has 0 bridgehead atoms. The van der Waals surface area contributed by atoms with Crippen molar-refractivity contribution in [1.82, 2.24) is 10.2 Å². The number of aliphatic carboxylic acids is 1. The van der Waals surface area contributed by atoms with Crippen LogP contribution in [0, 0.1) is 11.8 Å². The minimum atomic E-state index is -0.816. The van der Waals surface area contributed by atoms with Gasteiger partial charge in [0.15, 0.2) is 0 Å². The maximum Gasteiger partial charge on any atom is 0.317 e. The lowest BCUT2D eigenvalue weighted by molar-refractivity contribution is -0.143. The lowest BCUT2D eigenvalue weighted by Gasteiger charge is -2.34. The SMILES string of the molecule is CC(C)=CCNC(=O)N1CC(C)CC(C(=O)O)C1. The number of hydrogen-bond donors (Lipinski definition) is 2. The maximum absolute atomic E-state index is 11.9. The molecule has 1 rings (SSSR count). The summed E-state index contributed by atoms with van der Waals surface area (Å²) >= 11 is 0. The van der Waals surface area contributed by atoms with Gasteiger partial charge in [0, 0.05) is 19.6 Å². The number of hydrogen-bond acceptors (Lipinski definition) is 2. The lowest BCUT2D eigenvalue weighted by Crippen LogP contribution is -2.49. The van der Waals surface area contributed by atoms with Gasteiger partial charge in [-0.2, -0.15) is 0 Å². The molecule has 5 heteroatoms. The summed E-state index contributed by atoms with van der Waals surface area (Å²) in [5.41, 5.74) is 1.14. The molecule has 0 aromatic carbocycles. The van der Waals surface area contributed by atoms with E-state index in [1.807, 2.05) is 26.8 Å². The van der Waals surface area contributed by atoms with E-state index in [9.17, 15) is 9.59 Å². The maximum atomic E-state index is 11.9. The topological polar surface area (TPSA) is 69.6 Å². The first-order chi connectivity index (χ1) is 8.40. The van der Waals surface area contributed by atoms with E-state index in [1.54, 1.807) is 4.90 Å². The van der Waals surface area contributed by atoms with Gasteiger partial charge in [-0.15, -0.1) is 0 Å². The fraction of sp³-hybridized carbons (Fsp3) is 0.692. The third kappa shape index (κ3) is 4.39. The summed E-state index contributed by atoms with van der Waals surface area (Å²) in [6.45, 7) is 7.34. The van der Waals surface area contributed by atoms with E-state index in [-0.39, 0.29) is 11.9 Å². The Labute approximate surface area is 108 Å². The molecule has 0 spiro atoms. The summed E-state index contributed by atoms with van der Waals surface area (Å²) in [4.78, 5) is 24.5. The molecule has 2 amide bonds. The minimum Gasteiger partial charge on any atom is -0.481 e.